The standard InChI is InChI=1S/C13H20N2O2/c1-10-7-13(17-2)8-11(14-10)9-15-5-3-12(16)4-6-15/h7-8,12,16H,3-6,9H2,1-2H3. The first-order valence-electron chi connectivity index (χ1n) is 6.09. The zero-order chi connectivity index (χ0) is 12.3. The van der Waals surface area contributed by atoms with Crippen molar-refractivity contribution in [3.63, 3.8) is 0 Å². The summed E-state index contributed by atoms with van der Waals surface area (Å²) >= 11 is 0. The summed E-state index contributed by atoms with van der Waals surface area (Å²) in [7, 11) is 1.68. The Morgan fingerprint density at radius 1 is 1.41 bits per heavy atom. The Kier molecular flexibility index (Phi) is 3.97. The number of aryl methyl sites for hydroxylation is 1. The van der Waals surface area contributed by atoms with Crippen LogP contribution in [0.15, 0.2) is 12.1 Å². The minimum absolute atomic E-state index is 0.119. The molecule has 0 spiro atoms. The van der Waals surface area contributed by atoms with Gasteiger partial charge in [0.15, 0.2) is 0 Å². The summed E-state index contributed by atoms with van der Waals surface area (Å²) in [6, 6.07) is 3.92. The lowest BCUT2D eigenvalue weighted by Gasteiger charge is -2.29. The van der Waals surface area contributed by atoms with Crippen LogP contribution in [0.1, 0.15) is 24.2 Å². The molecule has 4 heteroatoms. The Labute approximate surface area is 102 Å². The van der Waals surface area contributed by atoms with E-state index in [0.717, 1.165) is 49.6 Å². The van der Waals surface area contributed by atoms with Crippen molar-refractivity contribution in [2.45, 2.75) is 32.4 Å². The van der Waals surface area contributed by atoms with Crippen molar-refractivity contribution in [1.29, 1.82) is 0 Å². The fourth-order valence-corrected chi connectivity index (χ4v) is 2.21. The van der Waals surface area contributed by atoms with Crippen LogP contribution in [0, 0.1) is 6.92 Å². The molecule has 1 saturated heterocycles. The van der Waals surface area contributed by atoms with Crippen LogP contribution in [0.2, 0.25) is 0 Å². The van der Waals surface area contributed by atoms with Gasteiger partial charge in [-0.2, -0.15) is 0 Å². The van der Waals surface area contributed by atoms with Gasteiger partial charge >= 0.3 is 0 Å². The first-order valence-corrected chi connectivity index (χ1v) is 6.09. The highest BCUT2D eigenvalue weighted by Crippen LogP contribution is 2.17. The van der Waals surface area contributed by atoms with Crippen LogP contribution in [-0.4, -0.2) is 41.3 Å². The lowest BCUT2D eigenvalue weighted by molar-refractivity contribution is 0.0786. The number of piperidine rings is 1. The predicted molar refractivity (Wildman–Crippen MR) is 66.0 cm³/mol. The van der Waals surface area contributed by atoms with Crippen LogP contribution in [0.4, 0.5) is 0 Å². The van der Waals surface area contributed by atoms with Gasteiger partial charge in [-0.25, -0.2) is 0 Å². The topological polar surface area (TPSA) is 45.6 Å². The highest BCUT2D eigenvalue weighted by molar-refractivity contribution is 5.26. The maximum Gasteiger partial charge on any atom is 0.122 e. The Hall–Kier alpha value is -1.13. The minimum atomic E-state index is -0.119. The van der Waals surface area contributed by atoms with Gasteiger partial charge in [-0.3, -0.25) is 9.88 Å². The molecule has 1 aromatic heterocycles. The quantitative estimate of drug-likeness (QED) is 0.860. The Bertz CT molecular complexity index is 374. The van der Waals surface area contributed by atoms with E-state index >= 15 is 0 Å². The number of hydrogen-bond donors (Lipinski definition) is 1. The lowest BCUT2D eigenvalue weighted by atomic mass is 10.1. The highest BCUT2D eigenvalue weighted by Gasteiger charge is 2.17. The second-order valence-corrected chi connectivity index (χ2v) is 4.65. The zero-order valence-corrected chi connectivity index (χ0v) is 10.5. The van der Waals surface area contributed by atoms with E-state index in [-0.39, 0.29) is 6.10 Å². The van der Waals surface area contributed by atoms with E-state index in [1.54, 1.807) is 7.11 Å². The van der Waals surface area contributed by atoms with E-state index in [2.05, 4.69) is 9.88 Å². The summed E-state index contributed by atoms with van der Waals surface area (Å²) in [5, 5.41) is 9.46. The maximum atomic E-state index is 9.46. The Morgan fingerprint density at radius 3 is 2.76 bits per heavy atom. The molecule has 0 saturated carbocycles. The second-order valence-electron chi connectivity index (χ2n) is 4.65. The molecule has 0 aliphatic carbocycles. The van der Waals surface area contributed by atoms with E-state index in [1.165, 1.54) is 0 Å². The second kappa shape index (κ2) is 5.47. The third-order valence-corrected chi connectivity index (χ3v) is 3.16. The molecule has 94 valence electrons. The molecule has 1 aliphatic rings. The van der Waals surface area contributed by atoms with Crippen molar-refractivity contribution >= 4 is 0 Å². The molecule has 0 atom stereocenters. The van der Waals surface area contributed by atoms with Gasteiger partial charge in [0.25, 0.3) is 0 Å². The van der Waals surface area contributed by atoms with E-state index in [4.69, 9.17) is 4.74 Å². The van der Waals surface area contributed by atoms with Crippen molar-refractivity contribution in [3.05, 3.63) is 23.5 Å². The minimum Gasteiger partial charge on any atom is -0.497 e. The van der Waals surface area contributed by atoms with Crippen LogP contribution < -0.4 is 4.74 Å². The smallest absolute Gasteiger partial charge is 0.122 e. The summed E-state index contributed by atoms with van der Waals surface area (Å²) in [6.45, 7) is 4.70. The summed E-state index contributed by atoms with van der Waals surface area (Å²) in [5.41, 5.74) is 2.02. The Morgan fingerprint density at radius 2 is 2.12 bits per heavy atom. The molecule has 1 fully saturated rings. The molecular weight excluding hydrogens is 216 g/mol. The SMILES string of the molecule is COc1cc(C)nc(CN2CCC(O)CC2)c1. The van der Waals surface area contributed by atoms with Crippen LogP contribution in [-0.2, 0) is 6.54 Å². The fraction of sp³-hybridized carbons (Fsp3) is 0.615. The molecule has 0 bridgehead atoms. The van der Waals surface area contributed by atoms with Gasteiger partial charge < -0.3 is 9.84 Å². The third-order valence-electron chi connectivity index (χ3n) is 3.16. The number of ether oxygens (including phenoxy) is 1. The van der Waals surface area contributed by atoms with Crippen LogP contribution in [0.25, 0.3) is 0 Å². The molecule has 17 heavy (non-hydrogen) atoms. The summed E-state index contributed by atoms with van der Waals surface area (Å²) in [4.78, 5) is 6.84. The number of nitrogens with zero attached hydrogens (tertiary/aromatic N) is 2. The van der Waals surface area contributed by atoms with Crippen molar-refractivity contribution < 1.29 is 9.84 Å². The van der Waals surface area contributed by atoms with E-state index in [1.807, 2.05) is 19.1 Å². The Balaban J connectivity index is 2.00. The number of aromatic nitrogens is 1. The largest absolute Gasteiger partial charge is 0.497 e. The number of hydrogen-bond acceptors (Lipinski definition) is 4. The lowest BCUT2D eigenvalue weighted by Crippen LogP contribution is -2.35. The normalized spacial score (nSPS) is 18.3. The number of aliphatic hydroxyl groups excluding tert-OH is 1. The molecule has 0 amide bonds. The van der Waals surface area contributed by atoms with E-state index < -0.39 is 0 Å². The van der Waals surface area contributed by atoms with Crippen LogP contribution in [0.3, 0.4) is 0 Å². The third kappa shape index (κ3) is 3.41. The average Bonchev–Trinajstić information content (AvgIpc) is 2.31. The molecule has 0 aromatic carbocycles. The molecule has 2 heterocycles. The molecule has 1 aromatic rings. The van der Waals surface area contributed by atoms with Crippen molar-refractivity contribution in [3.8, 4) is 5.75 Å². The van der Waals surface area contributed by atoms with Gasteiger partial charge in [0, 0.05) is 37.5 Å². The first-order chi connectivity index (χ1) is 8.17. The van der Waals surface area contributed by atoms with Crippen LogP contribution in [0.5, 0.6) is 5.75 Å². The van der Waals surface area contributed by atoms with Crippen molar-refractivity contribution in [2.24, 2.45) is 0 Å². The van der Waals surface area contributed by atoms with Crippen molar-refractivity contribution in [1.82, 2.24) is 9.88 Å². The van der Waals surface area contributed by atoms with Gasteiger partial charge in [-0.05, 0) is 19.8 Å². The zero-order valence-electron chi connectivity index (χ0n) is 10.5. The molecular formula is C13H20N2O2. The first kappa shape index (κ1) is 12.3. The van der Waals surface area contributed by atoms with Gasteiger partial charge in [0.2, 0.25) is 0 Å². The molecule has 1 aliphatic heterocycles. The van der Waals surface area contributed by atoms with Gasteiger partial charge in [0.05, 0.1) is 18.9 Å². The summed E-state index contributed by atoms with van der Waals surface area (Å²) < 4.78 is 5.24. The number of pyridine rings is 1. The van der Waals surface area contributed by atoms with Gasteiger partial charge in [0.1, 0.15) is 5.75 Å². The van der Waals surface area contributed by atoms with Crippen molar-refractivity contribution in [2.75, 3.05) is 20.2 Å². The molecule has 4 nitrogen and oxygen atoms in total. The predicted octanol–water partition coefficient (Wildman–Crippen LogP) is 1.36. The maximum absolute atomic E-state index is 9.46. The average molecular weight is 236 g/mol. The fourth-order valence-electron chi connectivity index (χ4n) is 2.21. The molecule has 2 rings (SSSR count). The van der Waals surface area contributed by atoms with E-state index in [0.29, 0.717) is 0 Å². The highest BCUT2D eigenvalue weighted by atomic mass is 16.5. The molecule has 0 unspecified atom stereocenters. The summed E-state index contributed by atoms with van der Waals surface area (Å²) in [6.07, 6.45) is 1.61. The molecule has 0 radical (unpaired) electrons. The monoisotopic (exact) mass is 236 g/mol. The number of rotatable bonds is 3. The van der Waals surface area contributed by atoms with Gasteiger partial charge in [-0.1, -0.05) is 0 Å². The number of methoxy groups -OCH3 is 1. The summed E-state index contributed by atoms with van der Waals surface area (Å²) in [5.74, 6) is 0.865. The number of aliphatic hydroxyl groups is 1. The van der Waals surface area contributed by atoms with E-state index in [9.17, 15) is 5.11 Å². The van der Waals surface area contributed by atoms with Gasteiger partial charge in [-0.15, -0.1) is 0 Å². The molecule has 1 N–H and O–H groups in total. The van der Waals surface area contributed by atoms with Crippen LogP contribution >= 0.6 is 0 Å². The number of likely N-dealkylation sites (tertiary alicyclic amines) is 1.